The van der Waals surface area contributed by atoms with Gasteiger partial charge in [-0.15, -0.1) is 0 Å². The molecular weight excluding hydrogens is 240 g/mol. The minimum atomic E-state index is 1.08. The van der Waals surface area contributed by atoms with Gasteiger partial charge >= 0.3 is 0 Å². The predicted octanol–water partition coefficient (Wildman–Crippen LogP) is 6.98. The Kier molecular flexibility index (Phi) is 7.45. The standard InChI is InChI=1S/C20H38/c1-3-5-6-9-18-10-7-11-20(16-18)19-14-12-17(8-4-2)13-15-19/h17-20H,3-16H2,1-2H3. The van der Waals surface area contributed by atoms with Crippen molar-refractivity contribution in [3.63, 3.8) is 0 Å². The van der Waals surface area contributed by atoms with Crippen molar-refractivity contribution in [2.24, 2.45) is 23.7 Å². The van der Waals surface area contributed by atoms with Crippen molar-refractivity contribution in [1.82, 2.24) is 0 Å². The number of hydrogen-bond acceptors (Lipinski definition) is 0. The predicted molar refractivity (Wildman–Crippen MR) is 89.9 cm³/mol. The van der Waals surface area contributed by atoms with E-state index in [1.165, 1.54) is 44.9 Å². The van der Waals surface area contributed by atoms with Crippen LogP contribution in [0.3, 0.4) is 0 Å². The van der Waals surface area contributed by atoms with Gasteiger partial charge in [-0.05, 0) is 42.9 Å². The van der Waals surface area contributed by atoms with Crippen LogP contribution in [0.2, 0.25) is 0 Å². The van der Waals surface area contributed by atoms with Crippen molar-refractivity contribution >= 4 is 0 Å². The normalized spacial score (nSPS) is 35.1. The van der Waals surface area contributed by atoms with E-state index in [1.807, 2.05) is 0 Å². The molecule has 2 aliphatic carbocycles. The van der Waals surface area contributed by atoms with E-state index in [0.717, 1.165) is 23.7 Å². The summed E-state index contributed by atoms with van der Waals surface area (Å²) in [5.74, 6) is 4.39. The topological polar surface area (TPSA) is 0 Å². The molecule has 0 aromatic carbocycles. The molecule has 2 saturated carbocycles. The Morgan fingerprint density at radius 2 is 1.45 bits per heavy atom. The summed E-state index contributed by atoms with van der Waals surface area (Å²) in [6.07, 6.45) is 21.3. The first-order valence-electron chi connectivity index (χ1n) is 9.83. The molecule has 0 heterocycles. The molecule has 0 N–H and O–H groups in total. The van der Waals surface area contributed by atoms with Crippen LogP contribution in [-0.2, 0) is 0 Å². The van der Waals surface area contributed by atoms with Gasteiger partial charge < -0.3 is 0 Å². The van der Waals surface area contributed by atoms with E-state index >= 15 is 0 Å². The molecule has 0 spiro atoms. The SMILES string of the molecule is CCCCCC1CCCC(C2CCC(CCC)CC2)C1. The van der Waals surface area contributed by atoms with Crippen molar-refractivity contribution < 1.29 is 0 Å². The molecule has 0 nitrogen and oxygen atoms in total. The van der Waals surface area contributed by atoms with E-state index in [-0.39, 0.29) is 0 Å². The number of unbranched alkanes of at least 4 members (excludes halogenated alkanes) is 2. The maximum atomic E-state index is 2.36. The van der Waals surface area contributed by atoms with Crippen molar-refractivity contribution in [1.29, 1.82) is 0 Å². The molecule has 0 aliphatic heterocycles. The summed E-state index contributed by atoms with van der Waals surface area (Å²) in [6.45, 7) is 4.69. The van der Waals surface area contributed by atoms with Gasteiger partial charge in [0.15, 0.2) is 0 Å². The monoisotopic (exact) mass is 278 g/mol. The maximum Gasteiger partial charge on any atom is -0.0383 e. The molecule has 0 radical (unpaired) electrons. The molecule has 0 saturated heterocycles. The first-order valence-corrected chi connectivity index (χ1v) is 9.83. The summed E-state index contributed by atoms with van der Waals surface area (Å²) >= 11 is 0. The minimum absolute atomic E-state index is 1.08. The van der Waals surface area contributed by atoms with Crippen LogP contribution in [0.4, 0.5) is 0 Å². The number of rotatable bonds is 7. The summed E-state index contributed by atoms with van der Waals surface area (Å²) < 4.78 is 0. The maximum absolute atomic E-state index is 2.36. The van der Waals surface area contributed by atoms with E-state index in [2.05, 4.69) is 13.8 Å². The molecule has 2 aliphatic rings. The lowest BCUT2D eigenvalue weighted by Gasteiger charge is -2.38. The molecule has 2 atom stereocenters. The molecule has 2 unspecified atom stereocenters. The third kappa shape index (κ3) is 5.08. The molecule has 0 heteroatoms. The lowest BCUT2D eigenvalue weighted by Crippen LogP contribution is -2.26. The zero-order chi connectivity index (χ0) is 14.2. The Balaban J connectivity index is 1.70. The molecule has 20 heavy (non-hydrogen) atoms. The van der Waals surface area contributed by atoms with Crippen LogP contribution in [0, 0.1) is 23.7 Å². The number of hydrogen-bond donors (Lipinski definition) is 0. The van der Waals surface area contributed by atoms with Gasteiger partial charge in [-0.1, -0.05) is 84.5 Å². The van der Waals surface area contributed by atoms with E-state index in [4.69, 9.17) is 0 Å². The second kappa shape index (κ2) is 9.11. The highest BCUT2D eigenvalue weighted by Crippen LogP contribution is 2.43. The molecular formula is C20H38. The molecule has 2 fully saturated rings. The third-order valence-corrected chi connectivity index (χ3v) is 6.29. The molecule has 118 valence electrons. The van der Waals surface area contributed by atoms with Gasteiger partial charge in [-0.25, -0.2) is 0 Å². The second-order valence-electron chi connectivity index (χ2n) is 7.86. The minimum Gasteiger partial charge on any atom is -0.0654 e. The van der Waals surface area contributed by atoms with E-state index in [0.29, 0.717) is 0 Å². The largest absolute Gasteiger partial charge is 0.0654 e. The summed E-state index contributed by atoms with van der Waals surface area (Å²) in [6, 6.07) is 0. The molecule has 0 amide bonds. The van der Waals surface area contributed by atoms with Gasteiger partial charge in [-0.2, -0.15) is 0 Å². The Labute approximate surface area is 128 Å². The fourth-order valence-electron chi connectivity index (χ4n) is 5.06. The van der Waals surface area contributed by atoms with Gasteiger partial charge in [0.25, 0.3) is 0 Å². The van der Waals surface area contributed by atoms with Gasteiger partial charge in [-0.3, -0.25) is 0 Å². The first kappa shape index (κ1) is 16.4. The van der Waals surface area contributed by atoms with Crippen LogP contribution in [0.1, 0.15) is 104 Å². The van der Waals surface area contributed by atoms with Crippen LogP contribution in [0.5, 0.6) is 0 Å². The molecule has 0 aromatic heterocycles. The lowest BCUT2D eigenvalue weighted by molar-refractivity contribution is 0.133. The second-order valence-corrected chi connectivity index (χ2v) is 7.86. The van der Waals surface area contributed by atoms with Gasteiger partial charge in [0.2, 0.25) is 0 Å². The summed E-state index contributed by atoms with van der Waals surface area (Å²) in [5, 5.41) is 0. The zero-order valence-corrected chi connectivity index (χ0v) is 14.2. The summed E-state index contributed by atoms with van der Waals surface area (Å²) in [5.41, 5.74) is 0. The Morgan fingerprint density at radius 3 is 2.15 bits per heavy atom. The van der Waals surface area contributed by atoms with Crippen molar-refractivity contribution in [3.05, 3.63) is 0 Å². The highest BCUT2D eigenvalue weighted by Gasteiger charge is 2.30. The Morgan fingerprint density at radius 1 is 0.650 bits per heavy atom. The third-order valence-electron chi connectivity index (χ3n) is 6.29. The van der Waals surface area contributed by atoms with Crippen LogP contribution in [0.25, 0.3) is 0 Å². The fraction of sp³-hybridized carbons (Fsp3) is 1.00. The van der Waals surface area contributed by atoms with Crippen LogP contribution in [0.15, 0.2) is 0 Å². The van der Waals surface area contributed by atoms with Gasteiger partial charge in [0.1, 0.15) is 0 Å². The zero-order valence-electron chi connectivity index (χ0n) is 14.2. The fourth-order valence-corrected chi connectivity index (χ4v) is 5.06. The van der Waals surface area contributed by atoms with E-state index in [1.54, 1.807) is 44.9 Å². The quantitative estimate of drug-likeness (QED) is 0.441. The summed E-state index contributed by atoms with van der Waals surface area (Å²) in [7, 11) is 0. The average molecular weight is 279 g/mol. The van der Waals surface area contributed by atoms with Crippen molar-refractivity contribution in [2.75, 3.05) is 0 Å². The van der Waals surface area contributed by atoms with E-state index in [9.17, 15) is 0 Å². The molecule has 0 aromatic rings. The van der Waals surface area contributed by atoms with Crippen LogP contribution < -0.4 is 0 Å². The van der Waals surface area contributed by atoms with Crippen molar-refractivity contribution in [3.8, 4) is 0 Å². The summed E-state index contributed by atoms with van der Waals surface area (Å²) in [4.78, 5) is 0. The highest BCUT2D eigenvalue weighted by atomic mass is 14.4. The molecule has 0 bridgehead atoms. The van der Waals surface area contributed by atoms with Crippen LogP contribution >= 0.6 is 0 Å². The van der Waals surface area contributed by atoms with E-state index < -0.39 is 0 Å². The Hall–Kier alpha value is 0. The lowest BCUT2D eigenvalue weighted by atomic mass is 9.67. The Bertz CT molecular complexity index is 236. The van der Waals surface area contributed by atoms with Crippen LogP contribution in [-0.4, -0.2) is 0 Å². The smallest absolute Gasteiger partial charge is 0.0383 e. The average Bonchev–Trinajstić information content (AvgIpc) is 2.49. The van der Waals surface area contributed by atoms with Crippen molar-refractivity contribution in [2.45, 2.75) is 104 Å². The highest BCUT2D eigenvalue weighted by molar-refractivity contribution is 4.82. The van der Waals surface area contributed by atoms with Gasteiger partial charge in [0.05, 0.1) is 0 Å². The van der Waals surface area contributed by atoms with Gasteiger partial charge in [0, 0.05) is 0 Å². The first-order chi connectivity index (χ1) is 9.83. The molecule has 2 rings (SSSR count).